The topological polar surface area (TPSA) is 134 Å². The van der Waals surface area contributed by atoms with Gasteiger partial charge in [0.15, 0.2) is 6.10 Å². The number of anilines is 1. The molecule has 5 rings (SSSR count). The molecule has 0 aliphatic carbocycles. The zero-order valence-corrected chi connectivity index (χ0v) is 20.2. The standard InChI is InChI=1S/C29H25N5O4/c30-34(21-13-16-24-25(17-21)32-18-31-24)29(37)27(35)26(19-7-3-1-4-8-19)33-28(36)20-11-14-23(15-12-20)38-22-9-5-2-6-10-22/h1-18,26-27,35H,30H2,(H,31,32)(H,33,36). The molecule has 9 heteroatoms. The van der Waals surface area contributed by atoms with Crippen LogP contribution in [0.2, 0.25) is 0 Å². The van der Waals surface area contributed by atoms with Gasteiger partial charge in [-0.3, -0.25) is 9.59 Å². The SMILES string of the molecule is NN(C(=O)C(O)C(NC(=O)c1ccc(Oc2ccccc2)cc1)c1ccccc1)c1ccc2nc[nH]c2c1. The van der Waals surface area contributed by atoms with E-state index < -0.39 is 24.0 Å². The number of carbonyl (C=O) groups excluding carboxylic acids is 2. The highest BCUT2D eigenvalue weighted by Gasteiger charge is 2.32. The van der Waals surface area contributed by atoms with Crippen LogP contribution in [0.3, 0.4) is 0 Å². The molecule has 2 amide bonds. The molecular weight excluding hydrogens is 482 g/mol. The normalized spacial score (nSPS) is 12.5. The van der Waals surface area contributed by atoms with Crippen molar-refractivity contribution < 1.29 is 19.4 Å². The number of para-hydroxylation sites is 1. The highest BCUT2D eigenvalue weighted by molar-refractivity contribution is 5.99. The van der Waals surface area contributed by atoms with Gasteiger partial charge in [0, 0.05) is 5.56 Å². The van der Waals surface area contributed by atoms with Crippen molar-refractivity contribution in [3.05, 3.63) is 121 Å². The molecule has 0 aliphatic rings. The molecule has 190 valence electrons. The molecule has 0 aliphatic heterocycles. The number of aliphatic hydroxyl groups is 1. The lowest BCUT2D eigenvalue weighted by Crippen LogP contribution is -2.50. The van der Waals surface area contributed by atoms with Crippen LogP contribution < -0.4 is 20.9 Å². The number of carbonyl (C=O) groups is 2. The third-order valence-corrected chi connectivity index (χ3v) is 6.03. The number of fused-ring (bicyclic) bond motifs is 1. The van der Waals surface area contributed by atoms with Gasteiger partial charge in [0.2, 0.25) is 0 Å². The first kappa shape index (κ1) is 24.7. The summed E-state index contributed by atoms with van der Waals surface area (Å²) in [7, 11) is 0. The largest absolute Gasteiger partial charge is 0.457 e. The minimum absolute atomic E-state index is 0.334. The summed E-state index contributed by atoms with van der Waals surface area (Å²) in [6.45, 7) is 0. The van der Waals surface area contributed by atoms with Crippen LogP contribution in [-0.2, 0) is 4.79 Å². The molecule has 0 bridgehead atoms. The first-order chi connectivity index (χ1) is 18.5. The van der Waals surface area contributed by atoms with Gasteiger partial charge in [-0.15, -0.1) is 0 Å². The van der Waals surface area contributed by atoms with Gasteiger partial charge in [-0.2, -0.15) is 0 Å². The number of benzene rings is 4. The molecule has 5 aromatic rings. The molecule has 0 fully saturated rings. The van der Waals surface area contributed by atoms with E-state index in [-0.39, 0.29) is 0 Å². The minimum atomic E-state index is -1.66. The van der Waals surface area contributed by atoms with Crippen LogP contribution >= 0.6 is 0 Å². The van der Waals surface area contributed by atoms with Crippen molar-refractivity contribution in [2.24, 2.45) is 5.84 Å². The molecule has 9 nitrogen and oxygen atoms in total. The Morgan fingerprint density at radius 2 is 1.55 bits per heavy atom. The highest BCUT2D eigenvalue weighted by Crippen LogP contribution is 2.24. The van der Waals surface area contributed by atoms with Crippen molar-refractivity contribution in [3.63, 3.8) is 0 Å². The maximum atomic E-state index is 13.2. The maximum Gasteiger partial charge on any atom is 0.272 e. The van der Waals surface area contributed by atoms with E-state index in [1.54, 1.807) is 72.8 Å². The van der Waals surface area contributed by atoms with Crippen LogP contribution in [0.5, 0.6) is 11.5 Å². The molecule has 0 saturated heterocycles. The van der Waals surface area contributed by atoms with Gasteiger partial charge in [-0.25, -0.2) is 15.8 Å². The second-order valence-electron chi connectivity index (χ2n) is 8.56. The smallest absolute Gasteiger partial charge is 0.272 e. The van der Waals surface area contributed by atoms with Crippen LogP contribution in [0.1, 0.15) is 22.0 Å². The van der Waals surface area contributed by atoms with Crippen LogP contribution in [0, 0.1) is 0 Å². The minimum Gasteiger partial charge on any atom is -0.457 e. The number of aromatic amines is 1. The Labute approximate surface area is 218 Å². The molecule has 2 unspecified atom stereocenters. The van der Waals surface area contributed by atoms with Crippen molar-refractivity contribution in [2.75, 3.05) is 5.01 Å². The summed E-state index contributed by atoms with van der Waals surface area (Å²) in [6.07, 6.45) is -0.128. The van der Waals surface area contributed by atoms with Crippen molar-refractivity contribution in [1.29, 1.82) is 0 Å². The number of aromatic nitrogens is 2. The molecule has 38 heavy (non-hydrogen) atoms. The number of aliphatic hydroxyl groups excluding tert-OH is 1. The van der Waals surface area contributed by atoms with E-state index in [0.29, 0.717) is 39.3 Å². The molecule has 4 aromatic carbocycles. The maximum absolute atomic E-state index is 13.2. The zero-order chi connectivity index (χ0) is 26.5. The Hall–Kier alpha value is -4.99. The molecule has 0 spiro atoms. The number of nitrogens with zero attached hydrogens (tertiary/aromatic N) is 2. The number of amides is 2. The molecule has 0 radical (unpaired) electrons. The number of rotatable bonds is 8. The summed E-state index contributed by atoms with van der Waals surface area (Å²) < 4.78 is 5.78. The zero-order valence-electron chi connectivity index (χ0n) is 20.2. The molecule has 1 aromatic heterocycles. The van der Waals surface area contributed by atoms with E-state index in [1.807, 2.05) is 30.3 Å². The van der Waals surface area contributed by atoms with Gasteiger partial charge in [0.05, 0.1) is 29.1 Å². The van der Waals surface area contributed by atoms with Crippen LogP contribution in [-0.4, -0.2) is 33.0 Å². The van der Waals surface area contributed by atoms with Crippen molar-refractivity contribution in [2.45, 2.75) is 12.1 Å². The van der Waals surface area contributed by atoms with Crippen molar-refractivity contribution >= 4 is 28.5 Å². The highest BCUT2D eigenvalue weighted by atomic mass is 16.5. The fourth-order valence-corrected chi connectivity index (χ4v) is 4.01. The van der Waals surface area contributed by atoms with E-state index in [2.05, 4.69) is 15.3 Å². The van der Waals surface area contributed by atoms with Gasteiger partial charge < -0.3 is 20.1 Å². The average molecular weight is 508 g/mol. The summed E-state index contributed by atoms with van der Waals surface area (Å²) >= 11 is 0. The van der Waals surface area contributed by atoms with E-state index in [1.165, 1.54) is 6.33 Å². The number of imidazole rings is 1. The fraction of sp³-hybridized carbons (Fsp3) is 0.0690. The predicted octanol–water partition coefficient (Wildman–Crippen LogP) is 4.09. The summed E-state index contributed by atoms with van der Waals surface area (Å²) in [4.78, 5) is 33.5. The Bertz CT molecular complexity index is 1540. The molecule has 0 saturated carbocycles. The molecule has 5 N–H and O–H groups in total. The molecular formula is C29H25N5O4. The van der Waals surface area contributed by atoms with Gasteiger partial charge >= 0.3 is 0 Å². The lowest BCUT2D eigenvalue weighted by Gasteiger charge is -2.27. The van der Waals surface area contributed by atoms with Crippen LogP contribution in [0.15, 0.2) is 109 Å². The number of H-pyrrole nitrogens is 1. The van der Waals surface area contributed by atoms with Gasteiger partial charge in [-0.1, -0.05) is 48.5 Å². The molecule has 1 heterocycles. The Balaban J connectivity index is 1.34. The third-order valence-electron chi connectivity index (χ3n) is 6.03. The summed E-state index contributed by atoms with van der Waals surface area (Å²) in [6, 6.07) is 28.5. The quantitative estimate of drug-likeness (QED) is 0.142. The van der Waals surface area contributed by atoms with Gasteiger partial charge in [0.25, 0.3) is 11.8 Å². The number of hydrogen-bond donors (Lipinski definition) is 4. The average Bonchev–Trinajstić information content (AvgIpc) is 3.44. The summed E-state index contributed by atoms with van der Waals surface area (Å²) in [5.74, 6) is 6.08. The van der Waals surface area contributed by atoms with E-state index in [9.17, 15) is 14.7 Å². The predicted molar refractivity (Wildman–Crippen MR) is 143 cm³/mol. The number of hydrogen-bond acceptors (Lipinski definition) is 6. The van der Waals surface area contributed by atoms with E-state index in [4.69, 9.17) is 10.6 Å². The van der Waals surface area contributed by atoms with Gasteiger partial charge in [0.1, 0.15) is 11.5 Å². The second kappa shape index (κ2) is 11.0. The summed E-state index contributed by atoms with van der Waals surface area (Å²) in [5.41, 5.74) is 2.64. The van der Waals surface area contributed by atoms with Gasteiger partial charge in [-0.05, 0) is 60.2 Å². The number of nitrogens with one attached hydrogen (secondary N) is 2. The summed E-state index contributed by atoms with van der Waals surface area (Å²) in [5, 5.41) is 14.8. The Kier molecular flexibility index (Phi) is 7.12. The number of nitrogens with two attached hydrogens (primary N) is 1. The van der Waals surface area contributed by atoms with E-state index in [0.717, 1.165) is 5.01 Å². The number of ether oxygens (including phenoxy) is 1. The number of hydrazine groups is 1. The Morgan fingerprint density at radius 1 is 0.895 bits per heavy atom. The van der Waals surface area contributed by atoms with Crippen LogP contribution in [0.4, 0.5) is 5.69 Å². The monoisotopic (exact) mass is 507 g/mol. The fourth-order valence-electron chi connectivity index (χ4n) is 4.01. The van der Waals surface area contributed by atoms with Crippen LogP contribution in [0.25, 0.3) is 11.0 Å². The van der Waals surface area contributed by atoms with Crippen molar-refractivity contribution in [3.8, 4) is 11.5 Å². The third kappa shape index (κ3) is 5.39. The second-order valence-corrected chi connectivity index (χ2v) is 8.56. The van der Waals surface area contributed by atoms with Crippen molar-refractivity contribution in [1.82, 2.24) is 15.3 Å². The first-order valence-corrected chi connectivity index (χ1v) is 11.9. The first-order valence-electron chi connectivity index (χ1n) is 11.9. The lowest BCUT2D eigenvalue weighted by atomic mass is 9.99. The lowest BCUT2D eigenvalue weighted by molar-refractivity contribution is -0.128. The van der Waals surface area contributed by atoms with E-state index >= 15 is 0 Å². The molecule has 2 atom stereocenters. The Morgan fingerprint density at radius 3 is 2.26 bits per heavy atom.